The van der Waals surface area contributed by atoms with E-state index in [9.17, 15) is 14.0 Å². The molecular weight excluding hydrogens is 429 g/mol. The van der Waals surface area contributed by atoms with Gasteiger partial charge in [-0.2, -0.15) is 0 Å². The van der Waals surface area contributed by atoms with Gasteiger partial charge in [0, 0.05) is 48.1 Å². The van der Waals surface area contributed by atoms with Gasteiger partial charge in [0.05, 0.1) is 5.56 Å². The molecule has 0 atom stereocenters. The molecule has 1 aliphatic heterocycles. The Morgan fingerprint density at radius 3 is 2.28 bits per heavy atom. The molecule has 0 saturated carbocycles. The SMILES string of the molecule is Cc1ccc(C(=O)Nc2ccc(N3CCN(C(=O)c4ccccc4F)CC3)cc2)cc1Cl. The van der Waals surface area contributed by atoms with Crippen LogP contribution in [0.4, 0.5) is 15.8 Å². The number of halogens is 2. The number of nitrogens with one attached hydrogen (secondary N) is 1. The number of carbonyl (C=O) groups is 2. The lowest BCUT2D eigenvalue weighted by Crippen LogP contribution is -2.49. The quantitative estimate of drug-likeness (QED) is 0.607. The van der Waals surface area contributed by atoms with Crippen molar-refractivity contribution in [2.24, 2.45) is 0 Å². The molecule has 3 aromatic carbocycles. The maximum Gasteiger partial charge on any atom is 0.256 e. The van der Waals surface area contributed by atoms with Gasteiger partial charge in [-0.3, -0.25) is 9.59 Å². The Morgan fingerprint density at radius 2 is 1.62 bits per heavy atom. The summed E-state index contributed by atoms with van der Waals surface area (Å²) in [5.74, 6) is -0.998. The second-order valence-corrected chi connectivity index (χ2v) is 8.13. The molecule has 1 saturated heterocycles. The molecule has 1 aliphatic rings. The minimum atomic E-state index is -0.495. The largest absolute Gasteiger partial charge is 0.368 e. The Hall–Kier alpha value is -3.38. The number of anilines is 2. The maximum atomic E-state index is 13.9. The van der Waals surface area contributed by atoms with E-state index in [4.69, 9.17) is 11.6 Å². The van der Waals surface area contributed by atoms with Crippen molar-refractivity contribution in [3.8, 4) is 0 Å². The van der Waals surface area contributed by atoms with E-state index in [1.807, 2.05) is 37.3 Å². The Kier molecular flexibility index (Phi) is 6.42. The number of benzene rings is 3. The summed E-state index contributed by atoms with van der Waals surface area (Å²) in [5, 5.41) is 3.43. The fraction of sp³-hybridized carbons (Fsp3) is 0.200. The van der Waals surface area contributed by atoms with Gasteiger partial charge in [-0.25, -0.2) is 4.39 Å². The van der Waals surface area contributed by atoms with Gasteiger partial charge >= 0.3 is 0 Å². The van der Waals surface area contributed by atoms with E-state index in [2.05, 4.69) is 10.2 Å². The lowest BCUT2D eigenvalue weighted by Gasteiger charge is -2.36. The highest BCUT2D eigenvalue weighted by Gasteiger charge is 2.24. The fourth-order valence-electron chi connectivity index (χ4n) is 3.67. The van der Waals surface area contributed by atoms with Crippen LogP contribution in [0.3, 0.4) is 0 Å². The summed E-state index contributed by atoms with van der Waals surface area (Å²) < 4.78 is 13.9. The van der Waals surface area contributed by atoms with Crippen LogP contribution in [0, 0.1) is 12.7 Å². The van der Waals surface area contributed by atoms with Gasteiger partial charge in [0.25, 0.3) is 11.8 Å². The third-order valence-corrected chi connectivity index (χ3v) is 6.00. The smallest absolute Gasteiger partial charge is 0.256 e. The molecule has 0 spiro atoms. The van der Waals surface area contributed by atoms with Gasteiger partial charge in [0.15, 0.2) is 0 Å². The number of amides is 2. The van der Waals surface area contributed by atoms with Gasteiger partial charge in [-0.15, -0.1) is 0 Å². The van der Waals surface area contributed by atoms with E-state index in [1.165, 1.54) is 12.1 Å². The Morgan fingerprint density at radius 1 is 0.938 bits per heavy atom. The normalized spacial score (nSPS) is 13.7. The van der Waals surface area contributed by atoms with E-state index in [1.54, 1.807) is 29.2 Å². The van der Waals surface area contributed by atoms with E-state index < -0.39 is 5.82 Å². The van der Waals surface area contributed by atoms with Gasteiger partial charge < -0.3 is 15.1 Å². The van der Waals surface area contributed by atoms with Crippen LogP contribution in [0.25, 0.3) is 0 Å². The van der Waals surface area contributed by atoms with Crippen LogP contribution >= 0.6 is 11.6 Å². The average molecular weight is 452 g/mol. The number of rotatable bonds is 4. The predicted molar refractivity (Wildman–Crippen MR) is 125 cm³/mol. The van der Waals surface area contributed by atoms with Crippen LogP contribution in [0.2, 0.25) is 5.02 Å². The van der Waals surface area contributed by atoms with Crippen LogP contribution in [0.15, 0.2) is 66.7 Å². The average Bonchev–Trinajstić information content (AvgIpc) is 2.81. The van der Waals surface area contributed by atoms with Crippen LogP contribution in [0.1, 0.15) is 26.3 Å². The molecule has 0 unspecified atom stereocenters. The first-order valence-electron chi connectivity index (χ1n) is 10.4. The van der Waals surface area contributed by atoms with E-state index in [-0.39, 0.29) is 17.4 Å². The van der Waals surface area contributed by atoms with Crippen molar-refractivity contribution < 1.29 is 14.0 Å². The van der Waals surface area contributed by atoms with Crippen molar-refractivity contribution in [1.29, 1.82) is 0 Å². The number of piperazine rings is 1. The fourth-order valence-corrected chi connectivity index (χ4v) is 3.85. The molecule has 4 rings (SSSR count). The zero-order valence-corrected chi connectivity index (χ0v) is 18.4. The summed E-state index contributed by atoms with van der Waals surface area (Å²) >= 11 is 6.11. The van der Waals surface area contributed by atoms with Crippen molar-refractivity contribution in [3.63, 3.8) is 0 Å². The molecule has 0 aromatic heterocycles. The van der Waals surface area contributed by atoms with Crippen LogP contribution in [0.5, 0.6) is 0 Å². The molecule has 7 heteroatoms. The van der Waals surface area contributed by atoms with Crippen molar-refractivity contribution in [2.45, 2.75) is 6.92 Å². The van der Waals surface area contributed by atoms with Crippen molar-refractivity contribution >= 4 is 34.8 Å². The van der Waals surface area contributed by atoms with Crippen LogP contribution in [-0.2, 0) is 0 Å². The lowest BCUT2D eigenvalue weighted by atomic mass is 10.1. The molecule has 32 heavy (non-hydrogen) atoms. The third-order valence-electron chi connectivity index (χ3n) is 5.60. The van der Waals surface area contributed by atoms with Gasteiger partial charge in [-0.1, -0.05) is 29.8 Å². The van der Waals surface area contributed by atoms with Gasteiger partial charge in [-0.05, 0) is 61.0 Å². The minimum Gasteiger partial charge on any atom is -0.368 e. The maximum absolute atomic E-state index is 13.9. The minimum absolute atomic E-state index is 0.107. The van der Waals surface area contributed by atoms with E-state index in [0.29, 0.717) is 42.5 Å². The van der Waals surface area contributed by atoms with Crippen LogP contribution < -0.4 is 10.2 Å². The molecule has 0 radical (unpaired) electrons. The standard InChI is InChI=1S/C25H23ClFN3O2/c1-17-6-7-18(16-22(17)26)24(31)28-19-8-10-20(11-9-19)29-12-14-30(15-13-29)25(32)21-4-2-3-5-23(21)27/h2-11,16H,12-15H2,1H3,(H,28,31). The highest BCUT2D eigenvalue weighted by molar-refractivity contribution is 6.31. The van der Waals surface area contributed by atoms with E-state index >= 15 is 0 Å². The molecular formula is C25H23ClFN3O2. The van der Waals surface area contributed by atoms with Gasteiger partial charge in [0.2, 0.25) is 0 Å². The second-order valence-electron chi connectivity index (χ2n) is 7.72. The lowest BCUT2D eigenvalue weighted by molar-refractivity contribution is 0.0742. The summed E-state index contributed by atoms with van der Waals surface area (Å²) in [4.78, 5) is 28.9. The molecule has 0 bridgehead atoms. The number of hydrogen-bond donors (Lipinski definition) is 1. The summed E-state index contributed by atoms with van der Waals surface area (Å²) in [5.41, 5.74) is 3.21. The van der Waals surface area contributed by atoms with Crippen molar-refractivity contribution in [3.05, 3.63) is 94.3 Å². The number of hydrogen-bond acceptors (Lipinski definition) is 3. The zero-order chi connectivity index (χ0) is 22.7. The topological polar surface area (TPSA) is 52.7 Å². The molecule has 1 N–H and O–H groups in total. The van der Waals surface area contributed by atoms with Crippen LogP contribution in [-0.4, -0.2) is 42.9 Å². The number of aryl methyl sites for hydroxylation is 1. The molecule has 5 nitrogen and oxygen atoms in total. The van der Waals surface area contributed by atoms with E-state index in [0.717, 1.165) is 11.3 Å². The first kappa shape index (κ1) is 21.8. The highest BCUT2D eigenvalue weighted by Crippen LogP contribution is 2.22. The molecule has 1 fully saturated rings. The first-order valence-corrected chi connectivity index (χ1v) is 10.8. The Labute approximate surface area is 191 Å². The molecule has 3 aromatic rings. The molecule has 0 aliphatic carbocycles. The summed E-state index contributed by atoms with van der Waals surface area (Å²) in [6.07, 6.45) is 0. The summed E-state index contributed by atoms with van der Waals surface area (Å²) in [6, 6.07) is 18.8. The first-order chi connectivity index (χ1) is 15.4. The molecule has 2 amide bonds. The van der Waals surface area contributed by atoms with Crippen molar-refractivity contribution in [2.75, 3.05) is 36.4 Å². The monoisotopic (exact) mass is 451 g/mol. The molecule has 1 heterocycles. The Bertz CT molecular complexity index is 1140. The summed E-state index contributed by atoms with van der Waals surface area (Å²) in [6.45, 7) is 4.21. The predicted octanol–water partition coefficient (Wildman–Crippen LogP) is 5.00. The zero-order valence-electron chi connectivity index (χ0n) is 17.6. The van der Waals surface area contributed by atoms with Gasteiger partial charge in [0.1, 0.15) is 5.82 Å². The highest BCUT2D eigenvalue weighted by atomic mass is 35.5. The molecule has 164 valence electrons. The second kappa shape index (κ2) is 9.40. The number of nitrogens with zero attached hydrogens (tertiary/aromatic N) is 2. The third kappa shape index (κ3) is 4.75. The number of carbonyl (C=O) groups excluding carboxylic acids is 2. The summed E-state index contributed by atoms with van der Waals surface area (Å²) in [7, 11) is 0. The Balaban J connectivity index is 1.35. The van der Waals surface area contributed by atoms with Crippen molar-refractivity contribution in [1.82, 2.24) is 4.90 Å².